The summed E-state index contributed by atoms with van der Waals surface area (Å²) in [7, 11) is 0. The molecular formula is C16H17F6NO2. The van der Waals surface area contributed by atoms with Gasteiger partial charge in [0.25, 0.3) is 0 Å². The Morgan fingerprint density at radius 1 is 1.04 bits per heavy atom. The van der Waals surface area contributed by atoms with Crippen LogP contribution >= 0.6 is 0 Å². The SMILES string of the molecule is CC(C)C1OC(=O)N(Cc2cc(C(F)(F)F)cc(C(F)(F)F)c2)C1C. The summed E-state index contributed by atoms with van der Waals surface area (Å²) < 4.78 is 82.5. The molecule has 0 spiro atoms. The first-order valence-electron chi connectivity index (χ1n) is 7.56. The van der Waals surface area contributed by atoms with Gasteiger partial charge in [0, 0.05) is 6.54 Å². The number of nitrogens with zero attached hydrogens (tertiary/aromatic N) is 1. The molecule has 3 nitrogen and oxygen atoms in total. The standard InChI is InChI=1S/C16H17F6NO2/c1-8(2)13-9(3)23(14(24)25-13)7-10-4-11(15(17,18)19)6-12(5-10)16(20,21)22/h4-6,8-9,13H,7H2,1-3H3. The van der Waals surface area contributed by atoms with Crippen LogP contribution in [0.5, 0.6) is 0 Å². The Morgan fingerprint density at radius 2 is 1.52 bits per heavy atom. The molecule has 1 heterocycles. The van der Waals surface area contributed by atoms with Gasteiger partial charge >= 0.3 is 18.4 Å². The third kappa shape index (κ3) is 4.19. The molecule has 1 aliphatic heterocycles. The zero-order valence-electron chi connectivity index (χ0n) is 13.7. The Labute approximate surface area is 140 Å². The average molecular weight is 369 g/mol. The topological polar surface area (TPSA) is 29.5 Å². The molecule has 1 fully saturated rings. The normalized spacial score (nSPS) is 21.8. The summed E-state index contributed by atoms with van der Waals surface area (Å²) in [6.07, 6.45) is -11.1. The van der Waals surface area contributed by atoms with E-state index in [1.807, 2.05) is 13.8 Å². The molecule has 0 N–H and O–H groups in total. The van der Waals surface area contributed by atoms with Crippen LogP contribution < -0.4 is 0 Å². The molecule has 2 atom stereocenters. The summed E-state index contributed by atoms with van der Waals surface area (Å²) in [5.74, 6) is -0.0313. The van der Waals surface area contributed by atoms with Gasteiger partial charge in [-0.25, -0.2) is 4.79 Å². The van der Waals surface area contributed by atoms with Crippen LogP contribution in [0.15, 0.2) is 18.2 Å². The minimum atomic E-state index is -4.92. The number of ether oxygens (including phenoxy) is 1. The summed E-state index contributed by atoms with van der Waals surface area (Å²) in [5.41, 5.74) is -3.06. The molecule has 0 bridgehead atoms. The second-order valence-electron chi connectivity index (χ2n) is 6.38. The molecular weight excluding hydrogens is 352 g/mol. The fraction of sp³-hybridized carbons (Fsp3) is 0.562. The quantitative estimate of drug-likeness (QED) is 0.695. The average Bonchev–Trinajstić information content (AvgIpc) is 2.73. The molecule has 25 heavy (non-hydrogen) atoms. The summed E-state index contributed by atoms with van der Waals surface area (Å²) in [6.45, 7) is 4.87. The first-order valence-corrected chi connectivity index (χ1v) is 7.56. The highest BCUT2D eigenvalue weighted by molar-refractivity contribution is 5.70. The summed E-state index contributed by atoms with van der Waals surface area (Å²) in [4.78, 5) is 13.1. The molecule has 9 heteroatoms. The lowest BCUT2D eigenvalue weighted by molar-refractivity contribution is -0.143. The van der Waals surface area contributed by atoms with Crippen molar-refractivity contribution in [2.75, 3.05) is 0 Å². The van der Waals surface area contributed by atoms with Crippen LogP contribution in [0, 0.1) is 5.92 Å². The van der Waals surface area contributed by atoms with Gasteiger partial charge in [-0.3, -0.25) is 4.90 Å². The summed E-state index contributed by atoms with van der Waals surface area (Å²) >= 11 is 0. The summed E-state index contributed by atoms with van der Waals surface area (Å²) in [5, 5.41) is 0. The molecule has 1 aromatic carbocycles. The van der Waals surface area contributed by atoms with E-state index in [9.17, 15) is 31.1 Å². The van der Waals surface area contributed by atoms with Crippen molar-refractivity contribution in [2.45, 2.75) is 51.8 Å². The Bertz CT molecular complexity index is 621. The van der Waals surface area contributed by atoms with Crippen LogP contribution in [0.3, 0.4) is 0 Å². The van der Waals surface area contributed by atoms with Gasteiger partial charge in [-0.05, 0) is 36.6 Å². The number of carbonyl (C=O) groups excluding carboxylic acids is 1. The van der Waals surface area contributed by atoms with Crippen molar-refractivity contribution < 1.29 is 35.9 Å². The number of hydrogen-bond donors (Lipinski definition) is 0. The number of halogens is 6. The summed E-state index contributed by atoms with van der Waals surface area (Å²) in [6, 6.07) is 0.846. The Kier molecular flexibility index (Phi) is 4.98. The van der Waals surface area contributed by atoms with Crippen molar-refractivity contribution in [1.82, 2.24) is 4.90 Å². The van der Waals surface area contributed by atoms with E-state index in [2.05, 4.69) is 0 Å². The molecule has 1 saturated heterocycles. The van der Waals surface area contributed by atoms with E-state index in [1.165, 1.54) is 0 Å². The van der Waals surface area contributed by atoms with E-state index < -0.39 is 48.3 Å². The van der Waals surface area contributed by atoms with E-state index in [0.717, 1.165) is 4.90 Å². The van der Waals surface area contributed by atoms with Crippen LogP contribution in [0.2, 0.25) is 0 Å². The fourth-order valence-electron chi connectivity index (χ4n) is 2.84. The maximum Gasteiger partial charge on any atom is 0.416 e. The lowest BCUT2D eigenvalue weighted by atomic mass is 10.00. The maximum absolute atomic E-state index is 12.9. The third-order valence-electron chi connectivity index (χ3n) is 4.10. The van der Waals surface area contributed by atoms with Crippen LogP contribution in [-0.2, 0) is 23.6 Å². The van der Waals surface area contributed by atoms with Gasteiger partial charge in [0.15, 0.2) is 0 Å². The number of alkyl halides is 6. The highest BCUT2D eigenvalue weighted by Crippen LogP contribution is 2.37. The van der Waals surface area contributed by atoms with Crippen molar-refractivity contribution in [3.8, 4) is 0 Å². The zero-order valence-corrected chi connectivity index (χ0v) is 13.7. The monoisotopic (exact) mass is 369 g/mol. The van der Waals surface area contributed by atoms with Gasteiger partial charge in [0.2, 0.25) is 0 Å². The molecule has 0 saturated carbocycles. The van der Waals surface area contributed by atoms with Gasteiger partial charge in [0.1, 0.15) is 6.10 Å². The minimum absolute atomic E-state index is 0.0313. The van der Waals surface area contributed by atoms with Crippen molar-refractivity contribution in [1.29, 1.82) is 0 Å². The van der Waals surface area contributed by atoms with Crippen molar-refractivity contribution >= 4 is 6.09 Å². The van der Waals surface area contributed by atoms with Crippen molar-refractivity contribution in [2.24, 2.45) is 5.92 Å². The molecule has 0 radical (unpaired) electrons. The fourth-order valence-corrected chi connectivity index (χ4v) is 2.84. The van der Waals surface area contributed by atoms with Gasteiger partial charge < -0.3 is 4.74 Å². The lowest BCUT2D eigenvalue weighted by Gasteiger charge is -2.23. The molecule has 2 unspecified atom stereocenters. The highest BCUT2D eigenvalue weighted by Gasteiger charge is 2.41. The molecule has 0 aliphatic carbocycles. The van der Waals surface area contributed by atoms with E-state index in [0.29, 0.717) is 12.1 Å². The molecule has 1 amide bonds. The highest BCUT2D eigenvalue weighted by atomic mass is 19.4. The third-order valence-corrected chi connectivity index (χ3v) is 4.10. The number of benzene rings is 1. The smallest absolute Gasteiger partial charge is 0.416 e. The van der Waals surface area contributed by atoms with Crippen LogP contribution in [0.25, 0.3) is 0 Å². The number of carbonyl (C=O) groups is 1. The van der Waals surface area contributed by atoms with E-state index in [4.69, 9.17) is 4.74 Å². The van der Waals surface area contributed by atoms with Gasteiger partial charge in [-0.2, -0.15) is 26.3 Å². The molecule has 1 aromatic rings. The lowest BCUT2D eigenvalue weighted by Crippen LogP contribution is -2.35. The minimum Gasteiger partial charge on any atom is -0.444 e. The number of rotatable bonds is 3. The predicted molar refractivity (Wildman–Crippen MR) is 76.6 cm³/mol. The maximum atomic E-state index is 12.9. The number of cyclic esters (lactones) is 1. The molecule has 2 rings (SSSR count). The van der Waals surface area contributed by atoms with Gasteiger partial charge in [0.05, 0.1) is 17.2 Å². The molecule has 0 aromatic heterocycles. The van der Waals surface area contributed by atoms with E-state index in [-0.39, 0.29) is 17.5 Å². The van der Waals surface area contributed by atoms with Gasteiger partial charge in [-0.15, -0.1) is 0 Å². The molecule has 140 valence electrons. The second-order valence-corrected chi connectivity index (χ2v) is 6.38. The van der Waals surface area contributed by atoms with Crippen molar-refractivity contribution in [3.63, 3.8) is 0 Å². The molecule has 1 aliphatic rings. The first kappa shape index (κ1) is 19.4. The van der Waals surface area contributed by atoms with Crippen LogP contribution in [-0.4, -0.2) is 23.1 Å². The van der Waals surface area contributed by atoms with Gasteiger partial charge in [-0.1, -0.05) is 13.8 Å². The zero-order chi connectivity index (χ0) is 19.2. The Hall–Kier alpha value is -1.93. The second kappa shape index (κ2) is 6.42. The Morgan fingerprint density at radius 3 is 1.88 bits per heavy atom. The van der Waals surface area contributed by atoms with Crippen LogP contribution in [0.1, 0.15) is 37.5 Å². The predicted octanol–water partition coefficient (Wildman–Crippen LogP) is 5.09. The van der Waals surface area contributed by atoms with E-state index in [1.54, 1.807) is 6.92 Å². The number of hydrogen-bond acceptors (Lipinski definition) is 2. The van der Waals surface area contributed by atoms with E-state index >= 15 is 0 Å². The van der Waals surface area contributed by atoms with Crippen LogP contribution in [0.4, 0.5) is 31.1 Å². The van der Waals surface area contributed by atoms with Crippen molar-refractivity contribution in [3.05, 3.63) is 34.9 Å². The largest absolute Gasteiger partial charge is 0.444 e. The first-order chi connectivity index (χ1) is 11.3. The number of amides is 1. The Balaban J connectivity index is 2.37.